The van der Waals surface area contributed by atoms with Crippen LogP contribution >= 0.6 is 0 Å². The zero-order valence-electron chi connectivity index (χ0n) is 12.9. The highest BCUT2D eigenvalue weighted by Crippen LogP contribution is 2.29. The number of nitrogens with one attached hydrogen (secondary N) is 1. The molecule has 2 N–H and O–H groups in total. The van der Waals surface area contributed by atoms with E-state index in [1.165, 1.54) is 12.1 Å². The number of aliphatic hydroxyl groups excluding tert-OH is 1. The van der Waals surface area contributed by atoms with Crippen LogP contribution in [0.25, 0.3) is 0 Å². The fourth-order valence-corrected chi connectivity index (χ4v) is 2.25. The van der Waals surface area contributed by atoms with E-state index in [1.807, 2.05) is 30.3 Å². The van der Waals surface area contributed by atoms with Crippen molar-refractivity contribution in [1.29, 1.82) is 0 Å². The van der Waals surface area contributed by atoms with Gasteiger partial charge in [-0.2, -0.15) is 13.2 Å². The van der Waals surface area contributed by atoms with Gasteiger partial charge in [0.2, 0.25) is 5.91 Å². The molecule has 0 bridgehead atoms. The summed E-state index contributed by atoms with van der Waals surface area (Å²) in [4.78, 5) is 11.8. The van der Waals surface area contributed by atoms with Crippen LogP contribution in [0, 0.1) is 0 Å². The summed E-state index contributed by atoms with van der Waals surface area (Å²) in [6, 6.07) is 13.8. The Bertz CT molecular complexity index is 654. The second-order valence-corrected chi connectivity index (χ2v) is 5.52. The van der Waals surface area contributed by atoms with E-state index in [9.17, 15) is 23.1 Å². The molecule has 0 spiro atoms. The fourth-order valence-electron chi connectivity index (χ4n) is 2.25. The predicted octanol–water partition coefficient (Wildman–Crippen LogP) is 2.97. The minimum atomic E-state index is -4.39. The van der Waals surface area contributed by atoms with Gasteiger partial charge in [0.15, 0.2) is 0 Å². The molecule has 2 rings (SSSR count). The first-order chi connectivity index (χ1) is 11.3. The van der Waals surface area contributed by atoms with Crippen molar-refractivity contribution in [3.63, 3.8) is 0 Å². The monoisotopic (exact) mass is 337 g/mol. The Labute approximate surface area is 138 Å². The first-order valence-electron chi connectivity index (χ1n) is 7.49. The highest BCUT2D eigenvalue weighted by molar-refractivity contribution is 5.78. The zero-order chi connectivity index (χ0) is 17.6. The topological polar surface area (TPSA) is 49.3 Å². The maximum atomic E-state index is 12.5. The maximum Gasteiger partial charge on any atom is 0.416 e. The molecular formula is C18H18F3NO2. The molecule has 0 aliphatic heterocycles. The average molecular weight is 337 g/mol. The van der Waals surface area contributed by atoms with Crippen molar-refractivity contribution < 1.29 is 23.1 Å². The molecule has 3 nitrogen and oxygen atoms in total. The minimum absolute atomic E-state index is 0.0316. The lowest BCUT2D eigenvalue weighted by Gasteiger charge is -2.12. The molecule has 0 radical (unpaired) electrons. The minimum Gasteiger partial charge on any atom is -0.391 e. The van der Waals surface area contributed by atoms with Crippen molar-refractivity contribution in [3.05, 3.63) is 71.3 Å². The lowest BCUT2D eigenvalue weighted by atomic mass is 10.1. The lowest BCUT2D eigenvalue weighted by molar-refractivity contribution is -0.137. The molecule has 1 unspecified atom stereocenters. The van der Waals surface area contributed by atoms with Crippen molar-refractivity contribution >= 4 is 5.91 Å². The Morgan fingerprint density at radius 2 is 1.62 bits per heavy atom. The molecule has 0 fully saturated rings. The summed E-state index contributed by atoms with van der Waals surface area (Å²) in [5.41, 5.74) is 0.699. The fraction of sp³-hybridized carbons (Fsp3) is 0.278. The van der Waals surface area contributed by atoms with Crippen molar-refractivity contribution in [1.82, 2.24) is 5.32 Å². The van der Waals surface area contributed by atoms with Crippen molar-refractivity contribution in [2.45, 2.75) is 25.1 Å². The SMILES string of the molecule is O=C(Cc1ccc(C(F)(F)F)cc1)NCC(O)Cc1ccccc1. The summed E-state index contributed by atoms with van der Waals surface area (Å²) in [5, 5.41) is 12.5. The molecule has 2 aromatic carbocycles. The van der Waals surface area contributed by atoms with Gasteiger partial charge < -0.3 is 10.4 Å². The van der Waals surface area contributed by atoms with Crippen LogP contribution in [0.5, 0.6) is 0 Å². The van der Waals surface area contributed by atoms with Gasteiger partial charge in [-0.1, -0.05) is 42.5 Å². The van der Waals surface area contributed by atoms with Gasteiger partial charge in [-0.05, 0) is 23.3 Å². The summed E-state index contributed by atoms with van der Waals surface area (Å²) >= 11 is 0. The standard InChI is InChI=1S/C18H18F3NO2/c19-18(20,21)15-8-6-14(7-9-15)11-17(24)22-12-16(23)10-13-4-2-1-3-5-13/h1-9,16,23H,10-12H2,(H,22,24). The number of carbonyl (C=O) groups excluding carboxylic acids is 1. The summed E-state index contributed by atoms with van der Waals surface area (Å²) in [6.07, 6.45) is -4.72. The first kappa shape index (κ1) is 18.0. The third-order valence-electron chi connectivity index (χ3n) is 3.49. The number of hydrogen-bond donors (Lipinski definition) is 2. The number of benzene rings is 2. The summed E-state index contributed by atoms with van der Waals surface area (Å²) in [5.74, 6) is -0.345. The predicted molar refractivity (Wildman–Crippen MR) is 84.3 cm³/mol. The van der Waals surface area contributed by atoms with E-state index in [0.717, 1.165) is 17.7 Å². The number of alkyl halides is 3. The van der Waals surface area contributed by atoms with Gasteiger partial charge in [0.05, 0.1) is 18.1 Å². The second-order valence-electron chi connectivity index (χ2n) is 5.52. The summed E-state index contributed by atoms with van der Waals surface area (Å²) < 4.78 is 37.4. The molecule has 0 heterocycles. The van der Waals surface area contributed by atoms with E-state index < -0.39 is 17.8 Å². The van der Waals surface area contributed by atoms with E-state index in [-0.39, 0.29) is 18.9 Å². The Hall–Kier alpha value is -2.34. The van der Waals surface area contributed by atoms with Crippen molar-refractivity contribution in [2.75, 3.05) is 6.54 Å². The molecule has 1 atom stereocenters. The third kappa shape index (κ3) is 5.70. The van der Waals surface area contributed by atoms with Gasteiger partial charge in [-0.3, -0.25) is 4.79 Å². The largest absolute Gasteiger partial charge is 0.416 e. The van der Waals surface area contributed by atoms with Gasteiger partial charge in [-0.25, -0.2) is 0 Å². The van der Waals surface area contributed by atoms with Gasteiger partial charge in [0.25, 0.3) is 0 Å². The normalized spacial score (nSPS) is 12.7. The number of rotatable bonds is 6. The van der Waals surface area contributed by atoms with E-state index in [0.29, 0.717) is 12.0 Å². The molecule has 0 aliphatic rings. The van der Waals surface area contributed by atoms with Crippen LogP contribution in [0.2, 0.25) is 0 Å². The van der Waals surface area contributed by atoms with Crippen LogP contribution in [0.3, 0.4) is 0 Å². The van der Waals surface area contributed by atoms with Crippen molar-refractivity contribution in [2.24, 2.45) is 0 Å². The van der Waals surface area contributed by atoms with Crippen LogP contribution in [0.4, 0.5) is 13.2 Å². The van der Waals surface area contributed by atoms with E-state index in [4.69, 9.17) is 0 Å². The van der Waals surface area contributed by atoms with Crippen molar-refractivity contribution in [3.8, 4) is 0 Å². The van der Waals surface area contributed by atoms with Crippen LogP contribution in [-0.4, -0.2) is 23.7 Å². The maximum absolute atomic E-state index is 12.5. The second kappa shape index (κ2) is 7.97. The smallest absolute Gasteiger partial charge is 0.391 e. The van der Waals surface area contributed by atoms with Crippen LogP contribution < -0.4 is 5.32 Å². The zero-order valence-corrected chi connectivity index (χ0v) is 12.9. The molecule has 6 heteroatoms. The lowest BCUT2D eigenvalue weighted by Crippen LogP contribution is -2.34. The Balaban J connectivity index is 1.78. The number of hydrogen-bond acceptors (Lipinski definition) is 2. The summed E-state index contributed by atoms with van der Waals surface area (Å²) in [6.45, 7) is 0.0916. The molecular weight excluding hydrogens is 319 g/mol. The Kier molecular flexibility index (Phi) is 5.98. The highest BCUT2D eigenvalue weighted by atomic mass is 19.4. The molecule has 0 aliphatic carbocycles. The van der Waals surface area contributed by atoms with E-state index >= 15 is 0 Å². The number of amides is 1. The molecule has 2 aromatic rings. The number of aliphatic hydroxyl groups is 1. The highest BCUT2D eigenvalue weighted by Gasteiger charge is 2.29. The number of carbonyl (C=O) groups is 1. The number of halogens is 3. The van der Waals surface area contributed by atoms with Gasteiger partial charge in [0.1, 0.15) is 0 Å². The van der Waals surface area contributed by atoms with Gasteiger partial charge in [0, 0.05) is 13.0 Å². The average Bonchev–Trinajstić information content (AvgIpc) is 2.53. The van der Waals surface area contributed by atoms with E-state index in [1.54, 1.807) is 0 Å². The third-order valence-corrected chi connectivity index (χ3v) is 3.49. The molecule has 0 saturated heterocycles. The molecule has 1 amide bonds. The molecule has 128 valence electrons. The van der Waals surface area contributed by atoms with Crippen LogP contribution in [0.1, 0.15) is 16.7 Å². The molecule has 24 heavy (non-hydrogen) atoms. The first-order valence-corrected chi connectivity index (χ1v) is 7.49. The van der Waals surface area contributed by atoms with Gasteiger partial charge >= 0.3 is 6.18 Å². The quantitative estimate of drug-likeness (QED) is 0.851. The van der Waals surface area contributed by atoms with Gasteiger partial charge in [-0.15, -0.1) is 0 Å². The Morgan fingerprint density at radius 1 is 1.00 bits per heavy atom. The Morgan fingerprint density at radius 3 is 2.21 bits per heavy atom. The molecule has 0 saturated carbocycles. The molecule has 0 aromatic heterocycles. The van der Waals surface area contributed by atoms with E-state index in [2.05, 4.69) is 5.32 Å². The van der Waals surface area contributed by atoms with Crippen LogP contribution in [0.15, 0.2) is 54.6 Å². The summed E-state index contributed by atoms with van der Waals surface area (Å²) in [7, 11) is 0. The van der Waals surface area contributed by atoms with Crippen LogP contribution in [-0.2, 0) is 23.8 Å².